The van der Waals surface area contributed by atoms with Crippen LogP contribution in [0.4, 0.5) is 0 Å². The summed E-state index contributed by atoms with van der Waals surface area (Å²) in [5, 5.41) is 9.18. The summed E-state index contributed by atoms with van der Waals surface area (Å²) in [6.45, 7) is 1.23. The molecule has 0 aromatic heterocycles. The molecule has 0 amide bonds. The first-order valence-corrected chi connectivity index (χ1v) is 6.87. The third-order valence-corrected chi connectivity index (χ3v) is 3.23. The second kappa shape index (κ2) is 6.15. The van der Waals surface area contributed by atoms with E-state index in [2.05, 4.69) is 16.8 Å². The molecule has 4 heteroatoms. The third kappa shape index (κ3) is 2.84. The van der Waals surface area contributed by atoms with E-state index in [1.54, 1.807) is 24.3 Å². The largest absolute Gasteiger partial charge is 0.478 e. The quantitative estimate of drug-likeness (QED) is 0.865. The summed E-state index contributed by atoms with van der Waals surface area (Å²) in [7, 11) is 0. The summed E-state index contributed by atoms with van der Waals surface area (Å²) in [5.41, 5.74) is 2.28. The van der Waals surface area contributed by atoms with Gasteiger partial charge in [0.2, 0.25) is 5.90 Å². The zero-order chi connectivity index (χ0) is 15.4. The number of nitrogens with zero attached hydrogens (tertiary/aromatic N) is 1. The molecule has 3 rings (SSSR count). The minimum atomic E-state index is -0.985. The highest BCUT2D eigenvalue weighted by Gasteiger charge is 2.13. The lowest BCUT2D eigenvalue weighted by Gasteiger charge is -2.04. The van der Waals surface area contributed by atoms with E-state index in [0.717, 1.165) is 11.1 Å². The second-order valence-corrected chi connectivity index (χ2v) is 4.68. The van der Waals surface area contributed by atoms with Crippen LogP contribution in [-0.2, 0) is 4.74 Å². The minimum Gasteiger partial charge on any atom is -0.478 e. The zero-order valence-electron chi connectivity index (χ0n) is 11.7. The molecule has 0 bridgehead atoms. The molecular weight excluding hydrogens is 278 g/mol. The Labute approximate surface area is 128 Å². The topological polar surface area (TPSA) is 58.9 Å². The maximum absolute atomic E-state index is 11.2. The molecule has 108 valence electrons. The molecular formula is C18H13NO3. The predicted octanol–water partition coefficient (Wildman–Crippen LogP) is 2.56. The van der Waals surface area contributed by atoms with Crippen molar-refractivity contribution in [2.45, 2.75) is 0 Å². The molecule has 0 fully saturated rings. The summed E-state index contributed by atoms with van der Waals surface area (Å²) in [6.07, 6.45) is 0. The molecule has 22 heavy (non-hydrogen) atoms. The van der Waals surface area contributed by atoms with Gasteiger partial charge in [-0.15, -0.1) is 0 Å². The first-order valence-electron chi connectivity index (χ1n) is 6.87. The van der Waals surface area contributed by atoms with Gasteiger partial charge in [-0.3, -0.25) is 0 Å². The maximum Gasteiger partial charge on any atom is 0.336 e. The summed E-state index contributed by atoms with van der Waals surface area (Å²) >= 11 is 0. The van der Waals surface area contributed by atoms with Crippen LogP contribution in [0.3, 0.4) is 0 Å². The van der Waals surface area contributed by atoms with Crippen molar-refractivity contribution in [3.63, 3.8) is 0 Å². The van der Waals surface area contributed by atoms with Crippen LogP contribution in [0.25, 0.3) is 0 Å². The van der Waals surface area contributed by atoms with Gasteiger partial charge < -0.3 is 9.84 Å². The molecule has 0 spiro atoms. The fourth-order valence-corrected chi connectivity index (χ4v) is 2.19. The molecule has 1 aliphatic rings. The van der Waals surface area contributed by atoms with Gasteiger partial charge >= 0.3 is 5.97 Å². The summed E-state index contributed by atoms with van der Waals surface area (Å²) in [5.74, 6) is 5.57. The van der Waals surface area contributed by atoms with Crippen molar-refractivity contribution >= 4 is 11.9 Å². The number of carbonyl (C=O) groups is 1. The number of carboxylic acids is 1. The smallest absolute Gasteiger partial charge is 0.336 e. The first-order chi connectivity index (χ1) is 10.8. The Morgan fingerprint density at radius 3 is 2.45 bits per heavy atom. The van der Waals surface area contributed by atoms with Gasteiger partial charge in [0, 0.05) is 11.1 Å². The van der Waals surface area contributed by atoms with E-state index in [0.29, 0.717) is 24.6 Å². The normalized spacial score (nSPS) is 12.8. The van der Waals surface area contributed by atoms with Crippen LogP contribution in [-0.4, -0.2) is 30.1 Å². The van der Waals surface area contributed by atoms with Crippen molar-refractivity contribution in [2.75, 3.05) is 13.2 Å². The van der Waals surface area contributed by atoms with Gasteiger partial charge in [0.05, 0.1) is 17.7 Å². The van der Waals surface area contributed by atoms with Gasteiger partial charge in [0.15, 0.2) is 0 Å². The van der Waals surface area contributed by atoms with Gasteiger partial charge in [-0.1, -0.05) is 36.1 Å². The molecule has 1 N–H and O–H groups in total. The van der Waals surface area contributed by atoms with Crippen molar-refractivity contribution in [1.82, 2.24) is 0 Å². The molecule has 0 atom stereocenters. The van der Waals surface area contributed by atoms with E-state index in [4.69, 9.17) is 4.74 Å². The fourth-order valence-electron chi connectivity index (χ4n) is 2.19. The van der Waals surface area contributed by atoms with Gasteiger partial charge in [0.25, 0.3) is 0 Å². The monoisotopic (exact) mass is 291 g/mol. The van der Waals surface area contributed by atoms with Crippen LogP contribution >= 0.6 is 0 Å². The van der Waals surface area contributed by atoms with Gasteiger partial charge in [-0.25, -0.2) is 9.79 Å². The average Bonchev–Trinajstić information content (AvgIpc) is 3.07. The molecule has 0 unspecified atom stereocenters. The van der Waals surface area contributed by atoms with E-state index in [-0.39, 0.29) is 5.56 Å². The van der Waals surface area contributed by atoms with Gasteiger partial charge in [-0.2, -0.15) is 0 Å². The van der Waals surface area contributed by atoms with Crippen molar-refractivity contribution < 1.29 is 14.6 Å². The highest BCUT2D eigenvalue weighted by molar-refractivity contribution is 5.97. The summed E-state index contributed by atoms with van der Waals surface area (Å²) < 4.78 is 5.48. The van der Waals surface area contributed by atoms with Crippen LogP contribution in [0.5, 0.6) is 0 Å². The Kier molecular flexibility index (Phi) is 3.88. The molecule has 1 heterocycles. The highest BCUT2D eigenvalue weighted by Crippen LogP contribution is 2.14. The number of benzene rings is 2. The number of carboxylic acid groups (broad SMARTS) is 1. The Balaban J connectivity index is 2.01. The number of rotatable bonds is 2. The molecule has 2 aromatic carbocycles. The molecule has 2 aromatic rings. The lowest BCUT2D eigenvalue weighted by atomic mass is 10.1. The Bertz CT molecular complexity index is 812. The SMILES string of the molecule is O=C(O)c1ccccc1C#Cc1ccccc1C1=NCCO1. The van der Waals surface area contributed by atoms with Gasteiger partial charge in [0.1, 0.15) is 6.61 Å². The molecule has 0 aliphatic carbocycles. The summed E-state index contributed by atoms with van der Waals surface area (Å²) in [6, 6.07) is 14.2. The number of hydrogen-bond acceptors (Lipinski definition) is 3. The Morgan fingerprint density at radius 1 is 1.05 bits per heavy atom. The van der Waals surface area contributed by atoms with Crippen molar-refractivity contribution in [3.8, 4) is 11.8 Å². The molecule has 4 nitrogen and oxygen atoms in total. The van der Waals surface area contributed by atoms with Crippen LogP contribution in [0.2, 0.25) is 0 Å². The maximum atomic E-state index is 11.2. The number of aromatic carboxylic acids is 1. The number of ether oxygens (including phenoxy) is 1. The van der Waals surface area contributed by atoms with E-state index in [1.165, 1.54) is 0 Å². The molecule has 0 saturated carbocycles. The van der Waals surface area contributed by atoms with Crippen LogP contribution < -0.4 is 0 Å². The van der Waals surface area contributed by atoms with E-state index < -0.39 is 5.97 Å². The molecule has 1 aliphatic heterocycles. The minimum absolute atomic E-state index is 0.196. The lowest BCUT2D eigenvalue weighted by molar-refractivity contribution is 0.0696. The third-order valence-electron chi connectivity index (χ3n) is 3.23. The number of aliphatic imine (C=N–C) groups is 1. The predicted molar refractivity (Wildman–Crippen MR) is 83.2 cm³/mol. The second-order valence-electron chi connectivity index (χ2n) is 4.68. The molecule has 0 radical (unpaired) electrons. The van der Waals surface area contributed by atoms with Crippen LogP contribution in [0.15, 0.2) is 53.5 Å². The Morgan fingerprint density at radius 2 is 1.73 bits per heavy atom. The van der Waals surface area contributed by atoms with Crippen molar-refractivity contribution in [2.24, 2.45) is 4.99 Å². The van der Waals surface area contributed by atoms with Gasteiger partial charge in [-0.05, 0) is 24.3 Å². The summed E-state index contributed by atoms with van der Waals surface area (Å²) in [4.78, 5) is 15.5. The van der Waals surface area contributed by atoms with E-state index in [1.807, 2.05) is 24.3 Å². The molecule has 0 saturated heterocycles. The van der Waals surface area contributed by atoms with E-state index >= 15 is 0 Å². The average molecular weight is 291 g/mol. The zero-order valence-corrected chi connectivity index (χ0v) is 11.7. The Hall–Kier alpha value is -3.06. The van der Waals surface area contributed by atoms with Crippen LogP contribution in [0, 0.1) is 11.8 Å². The van der Waals surface area contributed by atoms with E-state index in [9.17, 15) is 9.90 Å². The highest BCUT2D eigenvalue weighted by atomic mass is 16.5. The fraction of sp³-hybridized carbons (Fsp3) is 0.111. The number of hydrogen-bond donors (Lipinski definition) is 1. The first kappa shape index (κ1) is 13.9. The lowest BCUT2D eigenvalue weighted by Crippen LogP contribution is -2.03. The van der Waals surface area contributed by atoms with Crippen LogP contribution in [0.1, 0.15) is 27.0 Å². The van der Waals surface area contributed by atoms with Crippen molar-refractivity contribution in [3.05, 3.63) is 70.8 Å². The standard InChI is InChI=1S/C18H13NO3/c20-18(21)16-8-4-2-6-14(16)10-9-13-5-1-3-7-15(13)17-19-11-12-22-17/h1-8H,11-12H2,(H,20,21). The van der Waals surface area contributed by atoms with Crippen molar-refractivity contribution in [1.29, 1.82) is 0 Å².